The molecule has 0 aliphatic heterocycles. The zero-order valence-electron chi connectivity index (χ0n) is 10.6. The summed E-state index contributed by atoms with van der Waals surface area (Å²) in [5, 5.41) is 9.44. The maximum atomic E-state index is 13.6. The molecule has 0 heterocycles. The Labute approximate surface area is 116 Å². The summed E-state index contributed by atoms with van der Waals surface area (Å²) in [5.41, 5.74) is 0.747. The van der Waals surface area contributed by atoms with Crippen molar-refractivity contribution in [2.75, 3.05) is 20.2 Å². The summed E-state index contributed by atoms with van der Waals surface area (Å²) < 4.78 is 14.5. The van der Waals surface area contributed by atoms with Gasteiger partial charge in [0.05, 0.1) is 0 Å². The molecule has 0 radical (unpaired) electrons. The summed E-state index contributed by atoms with van der Waals surface area (Å²) in [6, 6.07) is 5.01. The lowest BCUT2D eigenvalue weighted by Gasteiger charge is -2.43. The van der Waals surface area contributed by atoms with E-state index in [0.717, 1.165) is 23.9 Å². The molecule has 1 aromatic rings. The van der Waals surface area contributed by atoms with Gasteiger partial charge in [0.15, 0.2) is 0 Å². The lowest BCUT2D eigenvalue weighted by atomic mass is 9.69. The molecule has 0 aromatic heterocycles. The number of aliphatic hydroxyl groups is 1. The lowest BCUT2D eigenvalue weighted by Crippen LogP contribution is -2.43. The van der Waals surface area contributed by atoms with Crippen molar-refractivity contribution >= 4 is 15.9 Å². The molecule has 1 aliphatic carbocycles. The van der Waals surface area contributed by atoms with Gasteiger partial charge in [0.25, 0.3) is 0 Å². The molecule has 18 heavy (non-hydrogen) atoms. The molecule has 0 bridgehead atoms. The Balaban J connectivity index is 1.98. The van der Waals surface area contributed by atoms with E-state index in [2.05, 4.69) is 20.8 Å². The third-order valence-corrected chi connectivity index (χ3v) is 4.30. The Kier molecular flexibility index (Phi) is 4.41. The van der Waals surface area contributed by atoms with Gasteiger partial charge < -0.3 is 10.0 Å². The molecule has 0 saturated heterocycles. The normalized spacial score (nSPS) is 17.8. The van der Waals surface area contributed by atoms with Gasteiger partial charge in [-0.2, -0.15) is 0 Å². The standard InChI is InChI=1S/C14H19BrFNO/c1-17(9-14(10-18)5-2-6-14)8-11-7-12(15)3-4-13(11)16/h3-4,7,18H,2,5-6,8-10H2,1H3. The molecule has 2 rings (SSSR count). The van der Waals surface area contributed by atoms with E-state index in [1.54, 1.807) is 6.07 Å². The van der Waals surface area contributed by atoms with Crippen molar-refractivity contribution < 1.29 is 9.50 Å². The van der Waals surface area contributed by atoms with E-state index >= 15 is 0 Å². The van der Waals surface area contributed by atoms with E-state index in [0.29, 0.717) is 12.1 Å². The minimum Gasteiger partial charge on any atom is -0.396 e. The van der Waals surface area contributed by atoms with Crippen LogP contribution in [0.5, 0.6) is 0 Å². The maximum absolute atomic E-state index is 13.6. The molecule has 100 valence electrons. The van der Waals surface area contributed by atoms with E-state index in [9.17, 15) is 9.50 Å². The number of benzene rings is 1. The van der Waals surface area contributed by atoms with Gasteiger partial charge in [-0.05, 0) is 38.1 Å². The van der Waals surface area contributed by atoms with Crippen molar-refractivity contribution in [1.82, 2.24) is 4.90 Å². The van der Waals surface area contributed by atoms with Gasteiger partial charge in [0.1, 0.15) is 5.82 Å². The highest BCUT2D eigenvalue weighted by molar-refractivity contribution is 9.10. The molecule has 1 fully saturated rings. The molecule has 0 amide bonds. The van der Waals surface area contributed by atoms with Gasteiger partial charge in [0, 0.05) is 35.1 Å². The largest absolute Gasteiger partial charge is 0.396 e. The Morgan fingerprint density at radius 1 is 1.44 bits per heavy atom. The second-order valence-electron chi connectivity index (χ2n) is 5.42. The number of halogens is 2. The third-order valence-electron chi connectivity index (χ3n) is 3.80. The van der Waals surface area contributed by atoms with Crippen molar-refractivity contribution in [2.45, 2.75) is 25.8 Å². The smallest absolute Gasteiger partial charge is 0.127 e. The topological polar surface area (TPSA) is 23.5 Å². The van der Waals surface area contributed by atoms with Crippen LogP contribution in [0.25, 0.3) is 0 Å². The maximum Gasteiger partial charge on any atom is 0.127 e. The zero-order valence-corrected chi connectivity index (χ0v) is 12.2. The highest BCUT2D eigenvalue weighted by Gasteiger charge is 2.37. The Morgan fingerprint density at radius 3 is 2.72 bits per heavy atom. The molecule has 0 atom stereocenters. The molecule has 1 aliphatic rings. The Morgan fingerprint density at radius 2 is 2.17 bits per heavy atom. The number of rotatable bonds is 5. The second kappa shape index (κ2) is 5.68. The van der Waals surface area contributed by atoms with Crippen LogP contribution >= 0.6 is 15.9 Å². The fourth-order valence-corrected chi connectivity index (χ4v) is 3.04. The van der Waals surface area contributed by atoms with Crippen molar-refractivity contribution in [1.29, 1.82) is 0 Å². The van der Waals surface area contributed by atoms with Gasteiger partial charge >= 0.3 is 0 Å². The van der Waals surface area contributed by atoms with Gasteiger partial charge in [-0.1, -0.05) is 22.4 Å². The lowest BCUT2D eigenvalue weighted by molar-refractivity contribution is 0.0125. The Bertz CT molecular complexity index is 415. The summed E-state index contributed by atoms with van der Waals surface area (Å²) in [6.45, 7) is 1.64. The van der Waals surface area contributed by atoms with Crippen LogP contribution < -0.4 is 0 Å². The fraction of sp³-hybridized carbons (Fsp3) is 0.571. The van der Waals surface area contributed by atoms with Crippen LogP contribution in [0.2, 0.25) is 0 Å². The van der Waals surface area contributed by atoms with Crippen LogP contribution in [0.4, 0.5) is 4.39 Å². The highest BCUT2D eigenvalue weighted by Crippen LogP contribution is 2.41. The predicted octanol–water partition coefficient (Wildman–Crippen LogP) is 3.18. The molecule has 1 aromatic carbocycles. The highest BCUT2D eigenvalue weighted by atomic mass is 79.9. The molecular formula is C14H19BrFNO. The van der Waals surface area contributed by atoms with Crippen LogP contribution in [0.3, 0.4) is 0 Å². The minimum absolute atomic E-state index is 0.0528. The van der Waals surface area contributed by atoms with Crippen LogP contribution in [0, 0.1) is 11.2 Å². The van der Waals surface area contributed by atoms with E-state index in [-0.39, 0.29) is 17.8 Å². The van der Waals surface area contributed by atoms with Gasteiger partial charge in [-0.3, -0.25) is 0 Å². The predicted molar refractivity (Wildman–Crippen MR) is 73.8 cm³/mol. The van der Waals surface area contributed by atoms with Gasteiger partial charge in [0.2, 0.25) is 0 Å². The number of hydrogen-bond donors (Lipinski definition) is 1. The first-order valence-corrected chi connectivity index (χ1v) is 7.07. The molecule has 4 heteroatoms. The van der Waals surface area contributed by atoms with E-state index < -0.39 is 0 Å². The Hall–Kier alpha value is -0.450. The minimum atomic E-state index is -0.170. The first kappa shape index (κ1) is 14.0. The first-order chi connectivity index (χ1) is 8.54. The van der Waals surface area contributed by atoms with E-state index in [4.69, 9.17) is 0 Å². The van der Waals surface area contributed by atoms with E-state index in [1.807, 2.05) is 13.1 Å². The molecular weight excluding hydrogens is 297 g/mol. The van der Waals surface area contributed by atoms with Crippen molar-refractivity contribution in [3.05, 3.63) is 34.1 Å². The van der Waals surface area contributed by atoms with Crippen LogP contribution in [-0.4, -0.2) is 30.2 Å². The quantitative estimate of drug-likeness (QED) is 0.902. The molecule has 2 nitrogen and oxygen atoms in total. The third kappa shape index (κ3) is 3.11. The number of hydrogen-bond acceptors (Lipinski definition) is 2. The van der Waals surface area contributed by atoms with E-state index in [1.165, 1.54) is 12.5 Å². The summed E-state index contributed by atoms with van der Waals surface area (Å²) >= 11 is 3.36. The van der Waals surface area contributed by atoms with Crippen LogP contribution in [0.1, 0.15) is 24.8 Å². The summed E-state index contributed by atoms with van der Waals surface area (Å²) in [4.78, 5) is 2.10. The van der Waals surface area contributed by atoms with Gasteiger partial charge in [-0.25, -0.2) is 4.39 Å². The first-order valence-electron chi connectivity index (χ1n) is 6.28. The summed E-state index contributed by atoms with van der Waals surface area (Å²) in [7, 11) is 1.98. The fourth-order valence-electron chi connectivity index (χ4n) is 2.63. The SMILES string of the molecule is CN(Cc1cc(Br)ccc1F)CC1(CO)CCC1. The molecule has 0 spiro atoms. The zero-order chi connectivity index (χ0) is 13.2. The van der Waals surface area contributed by atoms with Crippen molar-refractivity contribution in [2.24, 2.45) is 5.41 Å². The molecule has 1 N–H and O–H groups in total. The molecule has 1 saturated carbocycles. The second-order valence-corrected chi connectivity index (χ2v) is 6.34. The van der Waals surface area contributed by atoms with Crippen LogP contribution in [-0.2, 0) is 6.54 Å². The average Bonchev–Trinajstić information content (AvgIpc) is 2.28. The number of aliphatic hydroxyl groups excluding tert-OH is 1. The summed E-state index contributed by atoms with van der Waals surface area (Å²) in [6.07, 6.45) is 3.35. The van der Waals surface area contributed by atoms with Crippen LogP contribution in [0.15, 0.2) is 22.7 Å². The van der Waals surface area contributed by atoms with Crippen molar-refractivity contribution in [3.63, 3.8) is 0 Å². The average molecular weight is 316 g/mol. The van der Waals surface area contributed by atoms with Crippen molar-refractivity contribution in [3.8, 4) is 0 Å². The van der Waals surface area contributed by atoms with Gasteiger partial charge in [-0.15, -0.1) is 0 Å². The summed E-state index contributed by atoms with van der Waals surface area (Å²) in [5.74, 6) is -0.170. The monoisotopic (exact) mass is 315 g/mol. The number of nitrogens with zero attached hydrogens (tertiary/aromatic N) is 1. The molecule has 0 unspecified atom stereocenters.